The first-order valence-corrected chi connectivity index (χ1v) is 24.8. The van der Waals surface area contributed by atoms with Crippen LogP contribution in [0, 0.1) is 52.2 Å². The van der Waals surface area contributed by atoms with E-state index in [1.165, 1.54) is 52.4 Å². The molecule has 0 bridgehead atoms. The Labute approximate surface area is 428 Å². The number of hydrogen-bond donors (Lipinski definition) is 0. The fourth-order valence-corrected chi connectivity index (χ4v) is 1.90. The minimum absolute atomic E-state index is 0.104. The number of hydrogen-bond acceptors (Lipinski definition) is 0. The third-order valence-corrected chi connectivity index (χ3v) is 7.55. The van der Waals surface area contributed by atoms with E-state index in [9.17, 15) is 79.0 Å². The third kappa shape index (κ3) is 110. The van der Waals surface area contributed by atoms with Gasteiger partial charge in [-0.1, -0.05) is 224 Å². The Morgan fingerprint density at radius 2 is 0.606 bits per heavy atom. The highest BCUT2D eigenvalue weighted by Crippen LogP contribution is 2.49. The lowest BCUT2D eigenvalue weighted by molar-refractivity contribution is -0.327. The van der Waals surface area contributed by atoms with Gasteiger partial charge in [0.25, 0.3) is 0 Å². The second kappa shape index (κ2) is 50.9. The van der Waals surface area contributed by atoms with E-state index in [-0.39, 0.29) is 38.5 Å². The predicted molar refractivity (Wildman–Crippen MR) is 270 cm³/mol. The van der Waals surface area contributed by atoms with Crippen molar-refractivity contribution in [3.8, 4) is 0 Å². The van der Waals surface area contributed by atoms with Crippen molar-refractivity contribution in [3.63, 3.8) is 0 Å². The fraction of sp³-hybridized carbons (Fsp3) is 1.00. The number of alkyl halides is 18. The van der Waals surface area contributed by atoms with Crippen LogP contribution < -0.4 is 0 Å². The Morgan fingerprint density at radius 3 is 0.648 bits per heavy atom. The van der Waals surface area contributed by atoms with Crippen LogP contribution in [0.25, 0.3) is 0 Å². The van der Waals surface area contributed by atoms with Crippen LogP contribution in [0.4, 0.5) is 79.0 Å². The monoisotopic (exact) mass is 1090 g/mol. The molecular formula is C53H110F18. The lowest BCUT2D eigenvalue weighted by Gasteiger charge is -2.29. The van der Waals surface area contributed by atoms with Gasteiger partial charge in [-0.05, 0) is 56.2 Å². The summed E-state index contributed by atoms with van der Waals surface area (Å²) in [6, 6.07) is 0. The molecule has 0 N–H and O–H groups in total. The maximum absolute atomic E-state index is 11.6. The molecule has 1 unspecified atom stereocenters. The van der Waals surface area contributed by atoms with Crippen molar-refractivity contribution in [2.75, 3.05) is 0 Å². The molecule has 0 saturated heterocycles. The zero-order chi connectivity index (χ0) is 62.7. The average Bonchev–Trinajstić information content (AvgIpc) is 3.09. The van der Waals surface area contributed by atoms with Crippen LogP contribution in [0.15, 0.2) is 0 Å². The summed E-state index contributed by atoms with van der Waals surface area (Å²) >= 11 is 0. The topological polar surface area (TPSA) is 0 Å². The molecule has 0 aliphatic heterocycles. The molecule has 71 heavy (non-hydrogen) atoms. The molecule has 0 saturated carbocycles. The zero-order valence-electron chi connectivity index (χ0n) is 51.5. The van der Waals surface area contributed by atoms with E-state index in [1.807, 2.05) is 48.5 Å². The Bertz CT molecular complexity index is 1020. The molecule has 0 heterocycles. The predicted octanol–water partition coefficient (Wildman–Crippen LogP) is 25.3. The molecule has 0 fully saturated rings. The van der Waals surface area contributed by atoms with Gasteiger partial charge in [0, 0.05) is 15.1 Å². The van der Waals surface area contributed by atoms with Crippen LogP contribution in [0.5, 0.6) is 0 Å². The third-order valence-electron chi connectivity index (χ3n) is 7.55. The van der Waals surface area contributed by atoms with E-state index in [1.54, 1.807) is 0 Å². The minimum atomic E-state index is -5.24. The van der Waals surface area contributed by atoms with Gasteiger partial charge < -0.3 is 0 Å². The molecule has 0 aromatic rings. The summed E-state index contributed by atoms with van der Waals surface area (Å²) in [5.41, 5.74) is -5.19. The molecule has 0 aliphatic carbocycles. The van der Waals surface area contributed by atoms with Gasteiger partial charge in [-0.2, -0.15) is 79.0 Å². The molecule has 0 rings (SSSR count). The summed E-state index contributed by atoms with van der Waals surface area (Å²) < 4.78 is 220. The second-order valence-electron chi connectivity index (χ2n) is 21.1. The standard InChI is InChI=1S/C6H11F3.C6H14.C5H6F6.2C5H9F3.2C5H12.C4H7F3.3C4H10/c1-2-3-4-5-6(7,8)9;1-4-5-6(2)3;1-3(2,4(6,7)8)5(9,10)11;1-4(2,3)5(6,7)8;1-3-4(2)5(6,7)8;1-4-5(2)3;1-3-5-4-2;1-3(2)4(5,6)7;3*1-4(2)3/h2-5H2,1H3;6H,4-5H2,1-3H3;1-2H3;1-3H3;4H,3H2,1-2H3;5H,4H2,1-3H3;3-5H2,1-2H3;3H,1-2H3;3*4H,1-3H3/i;;;;;;;;2*4D;. The van der Waals surface area contributed by atoms with Crippen molar-refractivity contribution in [2.24, 2.45) is 52.2 Å². The SMILES string of the molecule is CC(C)(C(F)(F)F)C(F)(F)F.CC(C)(C)C(F)(F)F.CC(C)C.CC(C)C(F)(F)F.CCC(C)C.CCC(C)C(F)(F)F.CCCC(C)C.CCCCC.CCCCCC(F)(F)F.[2H]C(C)(C)C.[2H]C(C)(C)C. The fourth-order valence-electron chi connectivity index (χ4n) is 1.90. The Kier molecular flexibility index (Phi) is 64.0. The van der Waals surface area contributed by atoms with Gasteiger partial charge in [0.05, 0.1) is 11.3 Å². The molecule has 0 nitrogen and oxygen atoms in total. The number of unbranched alkanes of at least 4 members (excludes halogenated alkanes) is 4. The number of rotatable bonds is 9. The van der Waals surface area contributed by atoms with Gasteiger partial charge in [0.1, 0.15) is 0 Å². The molecule has 0 aromatic carbocycles. The highest BCUT2D eigenvalue weighted by atomic mass is 19.4. The van der Waals surface area contributed by atoms with Crippen LogP contribution >= 0.6 is 0 Å². The summed E-state index contributed by atoms with van der Waals surface area (Å²) in [6.07, 6.45) is -17.1. The smallest absolute Gasteiger partial charge is 0.171 e. The van der Waals surface area contributed by atoms with Crippen molar-refractivity contribution in [2.45, 2.75) is 295 Å². The Morgan fingerprint density at radius 1 is 0.366 bits per heavy atom. The molecule has 0 amide bonds. The Balaban J connectivity index is -0.0000000652. The van der Waals surface area contributed by atoms with Crippen LogP contribution in [0.3, 0.4) is 0 Å². The van der Waals surface area contributed by atoms with Gasteiger partial charge in [0.2, 0.25) is 0 Å². The van der Waals surface area contributed by atoms with E-state index in [0.29, 0.717) is 6.42 Å². The second-order valence-corrected chi connectivity index (χ2v) is 21.1. The molecule has 0 radical (unpaired) electrons. The van der Waals surface area contributed by atoms with E-state index in [4.69, 9.17) is 2.74 Å². The first-order valence-electron chi connectivity index (χ1n) is 25.8. The van der Waals surface area contributed by atoms with E-state index >= 15 is 0 Å². The van der Waals surface area contributed by atoms with Crippen molar-refractivity contribution in [3.05, 3.63) is 0 Å². The van der Waals surface area contributed by atoms with Crippen LogP contribution in [0.1, 0.15) is 260 Å². The average molecular weight is 1090 g/mol. The van der Waals surface area contributed by atoms with Gasteiger partial charge in [-0.15, -0.1) is 0 Å². The minimum Gasteiger partial charge on any atom is -0.171 e. The van der Waals surface area contributed by atoms with Crippen molar-refractivity contribution in [1.82, 2.24) is 0 Å². The first-order chi connectivity index (χ1) is 31.4. The van der Waals surface area contributed by atoms with Crippen LogP contribution in [0.2, 0.25) is 0 Å². The molecule has 1 atom stereocenters. The van der Waals surface area contributed by atoms with Crippen molar-refractivity contribution < 1.29 is 81.8 Å². The highest BCUT2D eigenvalue weighted by molar-refractivity contribution is 4.84. The highest BCUT2D eigenvalue weighted by Gasteiger charge is 2.64. The quantitative estimate of drug-likeness (QED) is 0.159. The maximum atomic E-state index is 11.6. The largest absolute Gasteiger partial charge is 0.402 e. The summed E-state index contributed by atoms with van der Waals surface area (Å²) in [4.78, 5) is 0. The molecule has 0 aliphatic rings. The van der Waals surface area contributed by atoms with Crippen molar-refractivity contribution >= 4 is 0 Å². The lowest BCUT2D eigenvalue weighted by atomic mass is 9.92. The van der Waals surface area contributed by atoms with Gasteiger partial charge in [-0.25, -0.2) is 0 Å². The summed E-state index contributed by atoms with van der Waals surface area (Å²) in [5.74, 6) is -0.236. The lowest BCUT2D eigenvalue weighted by Crippen LogP contribution is -2.44. The summed E-state index contributed by atoms with van der Waals surface area (Å²) in [6.45, 7) is 45.9. The first kappa shape index (κ1) is 89.3. The molecule has 18 heteroatoms. The summed E-state index contributed by atoms with van der Waals surface area (Å²) in [5, 5.41) is 0. The zero-order valence-corrected chi connectivity index (χ0v) is 49.5. The van der Waals surface area contributed by atoms with Gasteiger partial charge >= 0.3 is 37.1 Å². The van der Waals surface area contributed by atoms with Gasteiger partial charge in [0.15, 0.2) is 5.41 Å². The van der Waals surface area contributed by atoms with E-state index in [2.05, 4.69) is 76.2 Å². The molecule has 0 spiro atoms. The van der Waals surface area contributed by atoms with E-state index < -0.39 is 66.1 Å². The van der Waals surface area contributed by atoms with Crippen LogP contribution in [-0.2, 0) is 0 Å². The normalized spacial score (nSPS) is 12.9. The molecule has 448 valence electrons. The Hall–Kier alpha value is -1.26. The molecular weight excluding hydrogens is 979 g/mol. The van der Waals surface area contributed by atoms with E-state index in [0.717, 1.165) is 58.8 Å². The van der Waals surface area contributed by atoms with Gasteiger partial charge in [-0.3, -0.25) is 0 Å². The molecule has 0 aromatic heterocycles. The maximum Gasteiger partial charge on any atom is 0.402 e. The van der Waals surface area contributed by atoms with Crippen molar-refractivity contribution in [1.29, 1.82) is 0 Å². The van der Waals surface area contributed by atoms with Crippen LogP contribution in [-0.4, -0.2) is 37.1 Å². The number of halogens is 18. The summed E-state index contributed by atoms with van der Waals surface area (Å²) in [7, 11) is 0.